The van der Waals surface area contributed by atoms with Crippen molar-refractivity contribution in [1.82, 2.24) is 0 Å². The summed E-state index contributed by atoms with van der Waals surface area (Å²) in [6.45, 7) is 6.50. The minimum absolute atomic E-state index is 1.31. The van der Waals surface area contributed by atoms with Gasteiger partial charge in [-0.25, -0.2) is 0 Å². The van der Waals surface area contributed by atoms with Crippen LogP contribution in [0.2, 0.25) is 0 Å². The van der Waals surface area contributed by atoms with Gasteiger partial charge in [0, 0.05) is 4.90 Å². The average molecular weight is 242 g/mol. The summed E-state index contributed by atoms with van der Waals surface area (Å²) in [4.78, 5) is 1.36. The first-order valence-electron chi connectivity index (χ1n) is 5.84. The predicted octanol–water partition coefficient (Wildman–Crippen LogP) is 5.00. The van der Waals surface area contributed by atoms with Gasteiger partial charge in [-0.3, -0.25) is 0 Å². The molecule has 0 heterocycles. The Morgan fingerprint density at radius 3 is 1.82 bits per heavy atom. The predicted molar refractivity (Wildman–Crippen MR) is 77.9 cm³/mol. The Morgan fingerprint density at radius 2 is 1.29 bits per heavy atom. The van der Waals surface area contributed by atoms with Crippen LogP contribution in [0.3, 0.4) is 0 Å². The molecule has 0 aliphatic carbocycles. The summed E-state index contributed by atoms with van der Waals surface area (Å²) in [5.74, 6) is 0. The minimum atomic E-state index is 1.31. The van der Waals surface area contributed by atoms with E-state index in [-0.39, 0.29) is 0 Å². The maximum atomic E-state index is 2.27. The quantitative estimate of drug-likeness (QED) is 0.668. The van der Waals surface area contributed by atoms with E-state index in [2.05, 4.69) is 63.4 Å². The van der Waals surface area contributed by atoms with Crippen molar-refractivity contribution in [2.75, 3.05) is 6.26 Å². The normalized spacial score (nSPS) is 10.6. The minimum Gasteiger partial charge on any atom is -0.129 e. The number of rotatable bonds is 2. The second-order valence-electron chi connectivity index (χ2n) is 4.48. The molecular weight excluding hydrogens is 224 g/mol. The van der Waals surface area contributed by atoms with E-state index in [0.29, 0.717) is 0 Å². The van der Waals surface area contributed by atoms with Gasteiger partial charge >= 0.3 is 0 Å². The topological polar surface area (TPSA) is 0 Å². The lowest BCUT2D eigenvalue weighted by molar-refractivity contribution is 1.30. The van der Waals surface area contributed by atoms with Gasteiger partial charge in [0.1, 0.15) is 0 Å². The smallest absolute Gasteiger partial charge is 0.00987 e. The highest BCUT2D eigenvalue weighted by molar-refractivity contribution is 7.98. The van der Waals surface area contributed by atoms with Gasteiger partial charge in [0.15, 0.2) is 0 Å². The van der Waals surface area contributed by atoms with Gasteiger partial charge in [-0.05, 0) is 60.9 Å². The van der Waals surface area contributed by atoms with E-state index in [1.54, 1.807) is 11.8 Å². The summed E-state index contributed by atoms with van der Waals surface area (Å²) < 4.78 is 0. The Balaban J connectivity index is 2.46. The summed E-state index contributed by atoms with van der Waals surface area (Å²) in [6, 6.07) is 13.4. The van der Waals surface area contributed by atoms with E-state index in [0.717, 1.165) is 0 Å². The number of hydrogen-bond acceptors (Lipinski definition) is 1. The van der Waals surface area contributed by atoms with Crippen molar-refractivity contribution in [3.05, 3.63) is 53.1 Å². The van der Waals surface area contributed by atoms with Crippen molar-refractivity contribution in [3.63, 3.8) is 0 Å². The Bertz CT molecular complexity index is 541. The van der Waals surface area contributed by atoms with Crippen molar-refractivity contribution in [1.29, 1.82) is 0 Å². The molecule has 0 aliphatic heterocycles. The summed E-state index contributed by atoms with van der Waals surface area (Å²) in [5, 5.41) is 0. The van der Waals surface area contributed by atoms with Crippen LogP contribution in [0.15, 0.2) is 41.3 Å². The van der Waals surface area contributed by atoms with Crippen LogP contribution in [-0.2, 0) is 0 Å². The van der Waals surface area contributed by atoms with Gasteiger partial charge in [0.05, 0.1) is 0 Å². The van der Waals surface area contributed by atoms with Crippen LogP contribution < -0.4 is 0 Å². The molecule has 1 heteroatoms. The van der Waals surface area contributed by atoms with Crippen LogP contribution in [0.1, 0.15) is 16.7 Å². The van der Waals surface area contributed by atoms with Crippen molar-refractivity contribution in [3.8, 4) is 11.1 Å². The zero-order valence-electron chi connectivity index (χ0n) is 10.9. The van der Waals surface area contributed by atoms with Crippen LogP contribution in [0.4, 0.5) is 0 Å². The summed E-state index contributed by atoms with van der Waals surface area (Å²) in [7, 11) is 0. The molecular formula is C16H18S. The van der Waals surface area contributed by atoms with E-state index < -0.39 is 0 Å². The maximum Gasteiger partial charge on any atom is 0.00987 e. The van der Waals surface area contributed by atoms with E-state index >= 15 is 0 Å². The number of benzene rings is 2. The largest absolute Gasteiger partial charge is 0.129 e. The Labute approximate surface area is 108 Å². The lowest BCUT2D eigenvalue weighted by atomic mass is 9.99. The molecule has 0 N–H and O–H groups in total. The van der Waals surface area contributed by atoms with E-state index in [1.165, 1.54) is 32.7 Å². The standard InChI is InChI=1S/C16H18S/c1-11-5-6-14(9-12(11)2)15-7-8-16(17-4)13(3)10-15/h5-10H,1-4H3. The molecule has 2 rings (SSSR count). The highest BCUT2D eigenvalue weighted by atomic mass is 32.2. The molecule has 2 aromatic rings. The Kier molecular flexibility index (Phi) is 3.58. The molecule has 0 spiro atoms. The molecule has 0 fully saturated rings. The number of aryl methyl sites for hydroxylation is 3. The molecule has 0 unspecified atom stereocenters. The molecule has 0 atom stereocenters. The van der Waals surface area contributed by atoms with Crippen LogP contribution in [0.25, 0.3) is 11.1 Å². The maximum absolute atomic E-state index is 2.27. The molecule has 0 amide bonds. The van der Waals surface area contributed by atoms with Gasteiger partial charge in [0.25, 0.3) is 0 Å². The Morgan fingerprint density at radius 1 is 0.706 bits per heavy atom. The summed E-state index contributed by atoms with van der Waals surface area (Å²) >= 11 is 1.80. The van der Waals surface area contributed by atoms with Gasteiger partial charge < -0.3 is 0 Å². The highest BCUT2D eigenvalue weighted by Crippen LogP contribution is 2.27. The van der Waals surface area contributed by atoms with Gasteiger partial charge in [-0.1, -0.05) is 30.3 Å². The van der Waals surface area contributed by atoms with Gasteiger partial charge in [-0.2, -0.15) is 0 Å². The molecule has 0 aromatic heterocycles. The SMILES string of the molecule is CSc1ccc(-c2ccc(C)c(C)c2)cc1C. The third kappa shape index (κ3) is 2.55. The van der Waals surface area contributed by atoms with Crippen LogP contribution in [0, 0.1) is 20.8 Å². The highest BCUT2D eigenvalue weighted by Gasteiger charge is 2.02. The van der Waals surface area contributed by atoms with E-state index in [9.17, 15) is 0 Å². The molecule has 17 heavy (non-hydrogen) atoms. The number of thioether (sulfide) groups is 1. The lowest BCUT2D eigenvalue weighted by Crippen LogP contribution is -1.85. The molecule has 0 saturated heterocycles. The fraction of sp³-hybridized carbons (Fsp3) is 0.250. The van der Waals surface area contributed by atoms with Crippen molar-refractivity contribution in [2.45, 2.75) is 25.7 Å². The van der Waals surface area contributed by atoms with Gasteiger partial charge in [-0.15, -0.1) is 11.8 Å². The molecule has 0 nitrogen and oxygen atoms in total. The van der Waals surface area contributed by atoms with E-state index in [4.69, 9.17) is 0 Å². The zero-order chi connectivity index (χ0) is 12.4. The zero-order valence-corrected chi connectivity index (χ0v) is 11.7. The second kappa shape index (κ2) is 4.97. The summed E-state index contributed by atoms with van der Waals surface area (Å²) in [5.41, 5.74) is 6.68. The third-order valence-corrected chi connectivity index (χ3v) is 4.13. The first kappa shape index (κ1) is 12.3. The van der Waals surface area contributed by atoms with Crippen molar-refractivity contribution >= 4 is 11.8 Å². The van der Waals surface area contributed by atoms with E-state index in [1.807, 2.05) is 0 Å². The first-order valence-corrected chi connectivity index (χ1v) is 7.06. The second-order valence-corrected chi connectivity index (χ2v) is 5.33. The third-order valence-electron chi connectivity index (χ3n) is 3.24. The molecule has 88 valence electrons. The fourth-order valence-electron chi connectivity index (χ4n) is 1.98. The molecule has 0 bridgehead atoms. The number of hydrogen-bond donors (Lipinski definition) is 0. The van der Waals surface area contributed by atoms with Crippen LogP contribution >= 0.6 is 11.8 Å². The van der Waals surface area contributed by atoms with Gasteiger partial charge in [0.2, 0.25) is 0 Å². The van der Waals surface area contributed by atoms with Crippen molar-refractivity contribution in [2.24, 2.45) is 0 Å². The molecule has 2 aromatic carbocycles. The lowest BCUT2D eigenvalue weighted by Gasteiger charge is -2.08. The summed E-state index contributed by atoms with van der Waals surface area (Å²) in [6.07, 6.45) is 2.12. The molecule has 0 saturated carbocycles. The molecule has 0 radical (unpaired) electrons. The van der Waals surface area contributed by atoms with Crippen LogP contribution in [-0.4, -0.2) is 6.26 Å². The molecule has 0 aliphatic rings. The Hall–Kier alpha value is -1.21. The fourth-order valence-corrected chi connectivity index (χ4v) is 2.56. The first-order chi connectivity index (χ1) is 8.11. The average Bonchev–Trinajstić information content (AvgIpc) is 2.32. The monoisotopic (exact) mass is 242 g/mol. The van der Waals surface area contributed by atoms with Crippen LogP contribution in [0.5, 0.6) is 0 Å². The van der Waals surface area contributed by atoms with Crippen molar-refractivity contribution < 1.29 is 0 Å².